The minimum absolute atomic E-state index is 0.0458. The van der Waals surface area contributed by atoms with Gasteiger partial charge < -0.3 is 5.32 Å². The second-order valence-electron chi connectivity index (χ2n) is 8.12. The molecule has 4 nitrogen and oxygen atoms in total. The molecule has 1 aromatic heterocycles. The lowest BCUT2D eigenvalue weighted by Gasteiger charge is -2.14. The highest BCUT2D eigenvalue weighted by molar-refractivity contribution is 5.95. The van der Waals surface area contributed by atoms with Gasteiger partial charge in [-0.2, -0.15) is 5.10 Å². The first kappa shape index (κ1) is 19.3. The number of benzene rings is 3. The third-order valence-corrected chi connectivity index (χ3v) is 6.09. The van der Waals surface area contributed by atoms with Gasteiger partial charge in [-0.05, 0) is 49.4 Å². The lowest BCUT2D eigenvalue weighted by molar-refractivity contribution is 0.0940. The molecule has 0 aliphatic heterocycles. The summed E-state index contributed by atoms with van der Waals surface area (Å²) >= 11 is 0. The quantitative estimate of drug-likeness (QED) is 0.454. The van der Waals surface area contributed by atoms with Gasteiger partial charge in [0.05, 0.1) is 17.4 Å². The normalized spacial score (nSPS) is 13.6. The number of aromatic nitrogens is 2. The zero-order chi connectivity index (χ0) is 21.2. The number of hydrogen-bond acceptors (Lipinski definition) is 2. The molecule has 1 unspecified atom stereocenters. The highest BCUT2D eigenvalue weighted by Crippen LogP contribution is 2.36. The molecule has 1 amide bonds. The van der Waals surface area contributed by atoms with E-state index in [1.165, 1.54) is 16.7 Å². The molecule has 4 aromatic rings. The molecule has 0 saturated carbocycles. The van der Waals surface area contributed by atoms with Crippen LogP contribution in [0.2, 0.25) is 0 Å². The standard InChI is InChI=1S/C27H25N3O/c1-18(19-8-3-2-4-9-19)28-27(31)22-16-14-21(15-17-22)25-24-13-7-11-20-10-5-6-12-23(20)26(24)30-29-25/h2-6,8-10,12,14-18H,7,11,13H2,1H3,(H,28,31)(H,29,30). The Balaban J connectivity index is 1.38. The van der Waals surface area contributed by atoms with Crippen LogP contribution in [0.5, 0.6) is 0 Å². The molecule has 154 valence electrons. The van der Waals surface area contributed by atoms with Gasteiger partial charge in [-0.15, -0.1) is 0 Å². The number of hydrogen-bond donors (Lipinski definition) is 2. The van der Waals surface area contributed by atoms with Crippen molar-refractivity contribution in [1.29, 1.82) is 0 Å². The molecule has 1 aliphatic rings. The summed E-state index contributed by atoms with van der Waals surface area (Å²) in [5.41, 5.74) is 8.77. The maximum atomic E-state index is 12.7. The Morgan fingerprint density at radius 2 is 1.68 bits per heavy atom. The fourth-order valence-electron chi connectivity index (χ4n) is 4.39. The van der Waals surface area contributed by atoms with Gasteiger partial charge in [-0.25, -0.2) is 0 Å². The smallest absolute Gasteiger partial charge is 0.251 e. The number of aryl methyl sites for hydroxylation is 1. The van der Waals surface area contributed by atoms with Crippen molar-refractivity contribution in [2.75, 3.05) is 0 Å². The molecule has 0 bridgehead atoms. The van der Waals surface area contributed by atoms with E-state index in [4.69, 9.17) is 0 Å². The maximum absolute atomic E-state index is 12.7. The third kappa shape index (κ3) is 3.77. The second kappa shape index (κ2) is 8.23. The molecule has 3 aromatic carbocycles. The summed E-state index contributed by atoms with van der Waals surface area (Å²) in [6, 6.07) is 26.3. The number of amides is 1. The van der Waals surface area contributed by atoms with E-state index in [1.54, 1.807) is 0 Å². The number of rotatable bonds is 4. The molecule has 2 N–H and O–H groups in total. The highest BCUT2D eigenvalue weighted by Gasteiger charge is 2.21. The van der Waals surface area contributed by atoms with E-state index in [0.29, 0.717) is 5.56 Å². The minimum Gasteiger partial charge on any atom is -0.346 e. The van der Waals surface area contributed by atoms with E-state index >= 15 is 0 Å². The van der Waals surface area contributed by atoms with Crippen LogP contribution in [-0.2, 0) is 12.8 Å². The molecule has 0 spiro atoms. The lowest BCUT2D eigenvalue weighted by atomic mass is 9.99. The molecule has 4 heteroatoms. The largest absolute Gasteiger partial charge is 0.346 e. The molecular weight excluding hydrogens is 382 g/mol. The van der Waals surface area contributed by atoms with E-state index in [9.17, 15) is 4.79 Å². The van der Waals surface area contributed by atoms with Gasteiger partial charge in [0.15, 0.2) is 0 Å². The van der Waals surface area contributed by atoms with Gasteiger partial charge in [0, 0.05) is 22.3 Å². The summed E-state index contributed by atoms with van der Waals surface area (Å²) in [6.45, 7) is 2.00. The number of nitrogens with zero attached hydrogens (tertiary/aromatic N) is 1. The lowest BCUT2D eigenvalue weighted by Crippen LogP contribution is -2.26. The van der Waals surface area contributed by atoms with Crippen LogP contribution in [0.3, 0.4) is 0 Å². The summed E-state index contributed by atoms with van der Waals surface area (Å²) in [4.78, 5) is 12.7. The Bertz CT molecular complexity index is 1210. The minimum atomic E-state index is -0.0716. The summed E-state index contributed by atoms with van der Waals surface area (Å²) in [7, 11) is 0. The number of aromatic amines is 1. The van der Waals surface area contributed by atoms with Crippen LogP contribution in [0.1, 0.15) is 46.4 Å². The Kier molecular flexibility index (Phi) is 5.13. The van der Waals surface area contributed by atoms with Gasteiger partial charge in [0.1, 0.15) is 0 Å². The Morgan fingerprint density at radius 1 is 0.935 bits per heavy atom. The molecule has 1 atom stereocenters. The van der Waals surface area contributed by atoms with Crippen LogP contribution >= 0.6 is 0 Å². The molecule has 5 rings (SSSR count). The average Bonchev–Trinajstić information content (AvgIpc) is 3.15. The van der Waals surface area contributed by atoms with Crippen molar-refractivity contribution in [1.82, 2.24) is 15.5 Å². The molecule has 31 heavy (non-hydrogen) atoms. The van der Waals surface area contributed by atoms with Crippen molar-refractivity contribution in [2.24, 2.45) is 0 Å². The van der Waals surface area contributed by atoms with Crippen LogP contribution in [0.4, 0.5) is 0 Å². The zero-order valence-corrected chi connectivity index (χ0v) is 17.6. The second-order valence-corrected chi connectivity index (χ2v) is 8.12. The summed E-state index contributed by atoms with van der Waals surface area (Å²) in [6.07, 6.45) is 3.18. The monoisotopic (exact) mass is 407 g/mol. The fraction of sp³-hybridized carbons (Fsp3) is 0.185. The van der Waals surface area contributed by atoms with Crippen molar-refractivity contribution < 1.29 is 4.79 Å². The van der Waals surface area contributed by atoms with E-state index in [0.717, 1.165) is 41.8 Å². The number of H-pyrrole nitrogens is 1. The van der Waals surface area contributed by atoms with E-state index < -0.39 is 0 Å². The molecule has 1 heterocycles. The van der Waals surface area contributed by atoms with Crippen LogP contribution in [-0.4, -0.2) is 16.1 Å². The third-order valence-electron chi connectivity index (χ3n) is 6.09. The van der Waals surface area contributed by atoms with Crippen molar-refractivity contribution in [2.45, 2.75) is 32.2 Å². The first-order valence-corrected chi connectivity index (χ1v) is 10.8. The fourth-order valence-corrected chi connectivity index (χ4v) is 4.39. The predicted molar refractivity (Wildman–Crippen MR) is 124 cm³/mol. The van der Waals surface area contributed by atoms with Crippen molar-refractivity contribution >= 4 is 5.91 Å². The van der Waals surface area contributed by atoms with E-state index in [2.05, 4.69) is 39.8 Å². The van der Waals surface area contributed by atoms with Crippen molar-refractivity contribution in [3.63, 3.8) is 0 Å². The first-order chi connectivity index (χ1) is 15.2. The Hall–Kier alpha value is -3.66. The zero-order valence-electron chi connectivity index (χ0n) is 17.6. The average molecular weight is 408 g/mol. The molecule has 1 aliphatic carbocycles. The van der Waals surface area contributed by atoms with Crippen molar-refractivity contribution in [3.8, 4) is 22.5 Å². The molecule has 0 radical (unpaired) electrons. The summed E-state index contributed by atoms with van der Waals surface area (Å²) in [5.74, 6) is -0.0716. The van der Waals surface area contributed by atoms with E-state index in [-0.39, 0.29) is 11.9 Å². The topological polar surface area (TPSA) is 57.8 Å². The maximum Gasteiger partial charge on any atom is 0.251 e. The van der Waals surface area contributed by atoms with Gasteiger partial charge >= 0.3 is 0 Å². The number of carbonyl (C=O) groups is 1. The Labute approximate surface area is 182 Å². The first-order valence-electron chi connectivity index (χ1n) is 10.8. The highest BCUT2D eigenvalue weighted by atomic mass is 16.1. The predicted octanol–water partition coefficient (Wildman–Crippen LogP) is 5.72. The van der Waals surface area contributed by atoms with E-state index in [1.807, 2.05) is 61.5 Å². The van der Waals surface area contributed by atoms with Gasteiger partial charge in [0.25, 0.3) is 5.91 Å². The van der Waals surface area contributed by atoms with Gasteiger partial charge in [-0.1, -0.05) is 66.7 Å². The van der Waals surface area contributed by atoms with Gasteiger partial charge in [-0.3, -0.25) is 9.89 Å². The number of nitrogens with one attached hydrogen (secondary N) is 2. The molecular formula is C27H25N3O. The molecule has 0 saturated heterocycles. The van der Waals surface area contributed by atoms with Gasteiger partial charge in [0.2, 0.25) is 0 Å². The summed E-state index contributed by atoms with van der Waals surface area (Å²) in [5, 5.41) is 11.0. The van der Waals surface area contributed by atoms with Crippen LogP contribution < -0.4 is 5.32 Å². The molecule has 0 fully saturated rings. The van der Waals surface area contributed by atoms with Crippen LogP contribution in [0, 0.1) is 0 Å². The SMILES string of the molecule is CC(NC(=O)c1ccc(-c2n[nH]c3c2CCCc2ccccc2-3)cc1)c1ccccc1. The van der Waals surface area contributed by atoms with Crippen LogP contribution in [0.25, 0.3) is 22.5 Å². The van der Waals surface area contributed by atoms with Crippen LogP contribution in [0.15, 0.2) is 78.9 Å². The Morgan fingerprint density at radius 3 is 2.48 bits per heavy atom. The number of fused-ring (bicyclic) bond motifs is 3. The summed E-state index contributed by atoms with van der Waals surface area (Å²) < 4.78 is 0. The number of carbonyl (C=O) groups excluding carboxylic acids is 1. The van der Waals surface area contributed by atoms with Crippen molar-refractivity contribution in [3.05, 3.63) is 101 Å².